The van der Waals surface area contributed by atoms with Gasteiger partial charge in [0.2, 0.25) is 0 Å². The third-order valence-electron chi connectivity index (χ3n) is 2.57. The van der Waals surface area contributed by atoms with Crippen molar-refractivity contribution in [3.8, 4) is 0 Å². The molecule has 23 heavy (non-hydrogen) atoms. The van der Waals surface area contributed by atoms with E-state index in [9.17, 15) is 22.8 Å². The van der Waals surface area contributed by atoms with Gasteiger partial charge in [0.25, 0.3) is 0 Å². The summed E-state index contributed by atoms with van der Waals surface area (Å²) in [4.78, 5) is 22.2. The highest BCUT2D eigenvalue weighted by molar-refractivity contribution is 5.81. The number of alkyl halides is 3. The van der Waals surface area contributed by atoms with E-state index in [1.165, 1.54) is 0 Å². The fraction of sp³-hybridized carbons (Fsp3) is 0.467. The average molecular weight is 332 g/mol. The van der Waals surface area contributed by atoms with E-state index in [1.807, 2.05) is 0 Å². The molecule has 0 aliphatic rings. The third-order valence-corrected chi connectivity index (χ3v) is 2.57. The second kappa shape index (κ2) is 7.34. The SMILES string of the molecule is CC(C)(C)OC(=O)NCc1ccc(CNC(=O)C(F)(F)F)cc1. The normalized spacial score (nSPS) is 11.7. The van der Waals surface area contributed by atoms with Gasteiger partial charge >= 0.3 is 18.2 Å². The Labute approximate surface area is 132 Å². The molecule has 0 aliphatic carbocycles. The average Bonchev–Trinajstić information content (AvgIpc) is 2.40. The maximum atomic E-state index is 12.0. The van der Waals surface area contributed by atoms with Crippen molar-refractivity contribution >= 4 is 12.0 Å². The molecule has 1 aromatic rings. The van der Waals surface area contributed by atoms with Gasteiger partial charge in [-0.2, -0.15) is 13.2 Å². The van der Waals surface area contributed by atoms with Gasteiger partial charge in [-0.3, -0.25) is 4.79 Å². The van der Waals surface area contributed by atoms with Crippen molar-refractivity contribution in [3.05, 3.63) is 35.4 Å². The fourth-order valence-electron chi connectivity index (χ4n) is 1.55. The summed E-state index contributed by atoms with van der Waals surface area (Å²) in [6, 6.07) is 6.43. The highest BCUT2D eigenvalue weighted by Crippen LogP contribution is 2.14. The molecule has 1 aromatic carbocycles. The number of ether oxygens (including phenoxy) is 1. The van der Waals surface area contributed by atoms with Crippen LogP contribution in [0.2, 0.25) is 0 Å². The maximum Gasteiger partial charge on any atom is 0.471 e. The molecule has 0 heterocycles. The number of nitrogens with one attached hydrogen (secondary N) is 2. The van der Waals surface area contributed by atoms with Gasteiger partial charge in [-0.1, -0.05) is 24.3 Å². The Bertz CT molecular complexity index is 549. The first-order valence-electron chi connectivity index (χ1n) is 6.87. The maximum absolute atomic E-state index is 12.0. The van der Waals surface area contributed by atoms with Gasteiger partial charge in [0.15, 0.2) is 0 Å². The number of carbonyl (C=O) groups excluding carboxylic acids is 2. The van der Waals surface area contributed by atoms with Crippen LogP contribution in [-0.4, -0.2) is 23.8 Å². The molecule has 0 spiro atoms. The zero-order valence-corrected chi connectivity index (χ0v) is 13.1. The van der Waals surface area contributed by atoms with Crippen molar-refractivity contribution in [2.75, 3.05) is 0 Å². The molecule has 2 amide bonds. The number of alkyl carbamates (subject to hydrolysis) is 1. The summed E-state index contributed by atoms with van der Waals surface area (Å²) in [5.74, 6) is -1.98. The number of benzene rings is 1. The second-order valence-corrected chi connectivity index (χ2v) is 5.85. The lowest BCUT2D eigenvalue weighted by molar-refractivity contribution is -0.173. The van der Waals surface area contributed by atoms with Crippen LogP contribution in [0.5, 0.6) is 0 Å². The van der Waals surface area contributed by atoms with Gasteiger partial charge < -0.3 is 15.4 Å². The van der Waals surface area contributed by atoms with E-state index in [-0.39, 0.29) is 13.1 Å². The Morgan fingerprint density at radius 3 is 1.78 bits per heavy atom. The Morgan fingerprint density at radius 2 is 1.39 bits per heavy atom. The van der Waals surface area contributed by atoms with Crippen molar-refractivity contribution in [3.63, 3.8) is 0 Å². The standard InChI is InChI=1S/C15H19F3N2O3/c1-14(2,3)23-13(22)20-9-11-6-4-10(5-7-11)8-19-12(21)15(16,17)18/h4-7H,8-9H2,1-3H3,(H,19,21)(H,20,22). The summed E-state index contributed by atoms with van der Waals surface area (Å²) >= 11 is 0. The van der Waals surface area contributed by atoms with Gasteiger partial charge in [-0.25, -0.2) is 4.79 Å². The first-order chi connectivity index (χ1) is 10.5. The summed E-state index contributed by atoms with van der Waals surface area (Å²) < 4.78 is 41.2. The fourth-order valence-corrected chi connectivity index (χ4v) is 1.55. The lowest BCUT2D eigenvalue weighted by atomic mass is 10.1. The molecular weight excluding hydrogens is 313 g/mol. The van der Waals surface area contributed by atoms with E-state index in [4.69, 9.17) is 4.74 Å². The number of hydrogen-bond donors (Lipinski definition) is 2. The van der Waals surface area contributed by atoms with Crippen LogP contribution >= 0.6 is 0 Å². The van der Waals surface area contributed by atoms with Gasteiger partial charge in [0, 0.05) is 13.1 Å². The number of hydrogen-bond acceptors (Lipinski definition) is 3. The first kappa shape index (κ1) is 18.8. The van der Waals surface area contributed by atoms with Gasteiger partial charge in [-0.15, -0.1) is 0 Å². The Balaban J connectivity index is 2.45. The van der Waals surface area contributed by atoms with E-state index in [0.717, 1.165) is 5.56 Å². The quantitative estimate of drug-likeness (QED) is 0.891. The molecule has 128 valence electrons. The van der Waals surface area contributed by atoms with Gasteiger partial charge in [0.05, 0.1) is 0 Å². The second-order valence-electron chi connectivity index (χ2n) is 5.85. The highest BCUT2D eigenvalue weighted by atomic mass is 19.4. The van der Waals surface area contributed by atoms with Crippen LogP contribution < -0.4 is 10.6 Å². The molecule has 0 fully saturated rings. The lowest BCUT2D eigenvalue weighted by Gasteiger charge is -2.19. The van der Waals surface area contributed by atoms with Gasteiger partial charge in [0.1, 0.15) is 5.60 Å². The molecular formula is C15H19F3N2O3. The Hall–Kier alpha value is -2.25. The van der Waals surface area contributed by atoms with Crippen molar-refractivity contribution in [2.45, 2.75) is 45.6 Å². The van der Waals surface area contributed by atoms with E-state index >= 15 is 0 Å². The monoisotopic (exact) mass is 332 g/mol. The highest BCUT2D eigenvalue weighted by Gasteiger charge is 2.38. The third kappa shape index (κ3) is 7.53. The molecule has 8 heteroatoms. The minimum Gasteiger partial charge on any atom is -0.444 e. The van der Waals surface area contributed by atoms with E-state index < -0.39 is 23.8 Å². The van der Waals surface area contributed by atoms with Crippen LogP contribution in [0.3, 0.4) is 0 Å². The van der Waals surface area contributed by atoms with Crippen molar-refractivity contribution in [1.82, 2.24) is 10.6 Å². The predicted molar refractivity (Wildman–Crippen MR) is 77.4 cm³/mol. The van der Waals surface area contributed by atoms with E-state index in [0.29, 0.717) is 5.56 Å². The van der Waals surface area contributed by atoms with Crippen molar-refractivity contribution in [2.24, 2.45) is 0 Å². The number of carbonyl (C=O) groups is 2. The molecule has 2 N–H and O–H groups in total. The van der Waals surface area contributed by atoms with Crippen LogP contribution in [0, 0.1) is 0 Å². The molecule has 0 saturated heterocycles. The molecule has 0 atom stereocenters. The lowest BCUT2D eigenvalue weighted by Crippen LogP contribution is -2.36. The number of amides is 2. The van der Waals surface area contributed by atoms with Crippen LogP contribution in [0.25, 0.3) is 0 Å². The zero-order valence-electron chi connectivity index (χ0n) is 13.1. The van der Waals surface area contributed by atoms with Gasteiger partial charge in [-0.05, 0) is 31.9 Å². The molecule has 5 nitrogen and oxygen atoms in total. The summed E-state index contributed by atoms with van der Waals surface area (Å²) in [7, 11) is 0. The molecule has 0 aliphatic heterocycles. The topological polar surface area (TPSA) is 67.4 Å². The Morgan fingerprint density at radius 1 is 0.957 bits per heavy atom. The number of rotatable bonds is 4. The summed E-state index contributed by atoms with van der Waals surface area (Å²) in [6.07, 6.45) is -5.45. The van der Waals surface area contributed by atoms with Crippen LogP contribution in [-0.2, 0) is 22.6 Å². The molecule has 1 rings (SSSR count). The molecule has 0 saturated carbocycles. The van der Waals surface area contributed by atoms with E-state index in [1.54, 1.807) is 50.4 Å². The molecule has 0 unspecified atom stereocenters. The molecule has 0 radical (unpaired) electrons. The van der Waals surface area contributed by atoms with E-state index in [2.05, 4.69) is 5.32 Å². The smallest absolute Gasteiger partial charge is 0.444 e. The van der Waals surface area contributed by atoms with Crippen LogP contribution in [0.15, 0.2) is 24.3 Å². The van der Waals surface area contributed by atoms with Crippen LogP contribution in [0.4, 0.5) is 18.0 Å². The zero-order chi connectivity index (χ0) is 17.7. The van der Waals surface area contributed by atoms with Crippen molar-refractivity contribution in [1.29, 1.82) is 0 Å². The number of halogens is 3. The molecule has 0 bridgehead atoms. The van der Waals surface area contributed by atoms with Crippen LogP contribution in [0.1, 0.15) is 31.9 Å². The minimum absolute atomic E-state index is 0.224. The summed E-state index contributed by atoms with van der Waals surface area (Å²) in [5, 5.41) is 4.35. The summed E-state index contributed by atoms with van der Waals surface area (Å²) in [5.41, 5.74) is 0.676. The largest absolute Gasteiger partial charge is 0.471 e. The predicted octanol–water partition coefficient (Wildman–Crippen LogP) is 2.89. The van der Waals surface area contributed by atoms with Crippen molar-refractivity contribution < 1.29 is 27.5 Å². The first-order valence-corrected chi connectivity index (χ1v) is 6.87. The Kier molecular flexibility index (Phi) is 6.00. The molecule has 0 aromatic heterocycles. The minimum atomic E-state index is -4.89. The summed E-state index contributed by atoms with van der Waals surface area (Å²) in [6.45, 7) is 5.24.